The van der Waals surface area contributed by atoms with E-state index in [1.54, 1.807) is 24.3 Å². The largest absolute Gasteiger partial charge is 0.497 e. The monoisotopic (exact) mass is 352 g/mol. The van der Waals surface area contributed by atoms with Crippen LogP contribution in [0, 0.1) is 5.82 Å². The van der Waals surface area contributed by atoms with Crippen LogP contribution in [-0.4, -0.2) is 20.0 Å². The lowest BCUT2D eigenvalue weighted by atomic mass is 10.0. The molecule has 0 saturated heterocycles. The first-order valence-electron chi connectivity index (χ1n) is 6.23. The molecule has 2 aromatic rings. The highest BCUT2D eigenvalue weighted by atomic mass is 79.9. The number of methoxy groups -OCH3 is 2. The molecule has 0 fully saturated rings. The highest BCUT2D eigenvalue weighted by molar-refractivity contribution is 9.10. The van der Waals surface area contributed by atoms with Crippen molar-refractivity contribution in [3.63, 3.8) is 0 Å². The molecule has 0 aliphatic rings. The first-order valence-corrected chi connectivity index (χ1v) is 7.02. The second kappa shape index (κ2) is 6.72. The molecule has 0 amide bonds. The minimum Gasteiger partial charge on any atom is -0.497 e. The third-order valence-corrected chi connectivity index (χ3v) is 3.42. The molecular formula is C16H14BrFO3. The summed E-state index contributed by atoms with van der Waals surface area (Å²) in [6.45, 7) is 0. The maximum Gasteiger partial charge on any atom is 0.167 e. The number of hydrogen-bond acceptors (Lipinski definition) is 3. The van der Waals surface area contributed by atoms with Crippen molar-refractivity contribution in [1.82, 2.24) is 0 Å². The van der Waals surface area contributed by atoms with Gasteiger partial charge in [-0.3, -0.25) is 4.79 Å². The number of ketones is 1. The van der Waals surface area contributed by atoms with Crippen LogP contribution >= 0.6 is 15.9 Å². The number of benzene rings is 2. The van der Waals surface area contributed by atoms with Crippen molar-refractivity contribution < 1.29 is 18.7 Å². The van der Waals surface area contributed by atoms with Crippen LogP contribution in [0.1, 0.15) is 15.9 Å². The molecule has 0 bridgehead atoms. The summed E-state index contributed by atoms with van der Waals surface area (Å²) < 4.78 is 24.2. The Bertz CT molecular complexity index is 628. The lowest BCUT2D eigenvalue weighted by molar-refractivity contribution is 0.0992. The van der Waals surface area contributed by atoms with Gasteiger partial charge in [0.15, 0.2) is 5.78 Å². The number of carbonyl (C=O) groups is 1. The van der Waals surface area contributed by atoms with Crippen LogP contribution in [0.15, 0.2) is 40.9 Å². The molecule has 0 radical (unpaired) electrons. The van der Waals surface area contributed by atoms with Gasteiger partial charge in [-0.05, 0) is 35.9 Å². The molecule has 0 saturated carbocycles. The summed E-state index contributed by atoms with van der Waals surface area (Å²) in [5, 5.41) is 0. The number of rotatable bonds is 5. The maximum atomic E-state index is 13.3. The molecule has 21 heavy (non-hydrogen) atoms. The zero-order valence-corrected chi connectivity index (χ0v) is 13.2. The average Bonchev–Trinajstić information content (AvgIpc) is 2.45. The minimum atomic E-state index is -0.379. The molecule has 3 nitrogen and oxygen atoms in total. The van der Waals surface area contributed by atoms with E-state index in [0.717, 1.165) is 0 Å². The topological polar surface area (TPSA) is 35.5 Å². The Morgan fingerprint density at radius 3 is 2.19 bits per heavy atom. The van der Waals surface area contributed by atoms with Gasteiger partial charge in [-0.25, -0.2) is 4.39 Å². The van der Waals surface area contributed by atoms with E-state index >= 15 is 0 Å². The van der Waals surface area contributed by atoms with Gasteiger partial charge in [-0.1, -0.05) is 15.9 Å². The Hall–Kier alpha value is -1.88. The molecule has 0 heterocycles. The van der Waals surface area contributed by atoms with Crippen molar-refractivity contribution in [2.24, 2.45) is 0 Å². The van der Waals surface area contributed by atoms with E-state index in [-0.39, 0.29) is 18.0 Å². The highest BCUT2D eigenvalue weighted by Gasteiger charge is 2.12. The Morgan fingerprint density at radius 2 is 1.67 bits per heavy atom. The molecule has 2 aromatic carbocycles. The highest BCUT2D eigenvalue weighted by Crippen LogP contribution is 2.24. The summed E-state index contributed by atoms with van der Waals surface area (Å²) in [5.74, 6) is 0.566. The lowest BCUT2D eigenvalue weighted by Crippen LogP contribution is -2.05. The molecule has 0 spiro atoms. The van der Waals surface area contributed by atoms with E-state index in [1.165, 1.54) is 26.4 Å². The standard InChI is InChI=1S/C16H14BrFO3/c1-20-14-6-11(7-15(9-14)21-2)16(19)5-10-3-12(17)8-13(18)4-10/h3-4,6-9H,5H2,1-2H3. The van der Waals surface area contributed by atoms with Gasteiger partial charge in [0.05, 0.1) is 14.2 Å². The van der Waals surface area contributed by atoms with Gasteiger partial charge in [-0.15, -0.1) is 0 Å². The fraction of sp³-hybridized carbons (Fsp3) is 0.188. The Labute approximate surface area is 130 Å². The van der Waals surface area contributed by atoms with Crippen molar-refractivity contribution in [1.29, 1.82) is 0 Å². The molecule has 0 unspecified atom stereocenters. The predicted molar refractivity (Wildman–Crippen MR) is 81.7 cm³/mol. The third kappa shape index (κ3) is 4.04. The predicted octanol–water partition coefficient (Wildman–Crippen LogP) is 4.03. The summed E-state index contributed by atoms with van der Waals surface area (Å²) in [5.41, 5.74) is 1.07. The van der Waals surface area contributed by atoms with Crippen molar-refractivity contribution in [2.45, 2.75) is 6.42 Å². The van der Waals surface area contributed by atoms with Gasteiger partial charge < -0.3 is 9.47 Å². The first kappa shape index (κ1) is 15.5. The molecule has 0 aliphatic carbocycles. The van der Waals surface area contributed by atoms with Crippen molar-refractivity contribution >= 4 is 21.7 Å². The molecule has 0 aromatic heterocycles. The molecule has 0 N–H and O–H groups in total. The van der Waals surface area contributed by atoms with E-state index in [4.69, 9.17) is 9.47 Å². The average molecular weight is 353 g/mol. The summed E-state index contributed by atoms with van der Waals surface area (Å²) in [6, 6.07) is 9.38. The Morgan fingerprint density at radius 1 is 1.05 bits per heavy atom. The van der Waals surface area contributed by atoms with Gasteiger partial charge in [0.2, 0.25) is 0 Å². The van der Waals surface area contributed by atoms with Gasteiger partial charge >= 0.3 is 0 Å². The molecule has 5 heteroatoms. The van der Waals surface area contributed by atoms with Gasteiger partial charge in [0.25, 0.3) is 0 Å². The van der Waals surface area contributed by atoms with Crippen molar-refractivity contribution in [3.8, 4) is 11.5 Å². The number of halogens is 2. The van der Waals surface area contributed by atoms with Crippen LogP contribution in [0.25, 0.3) is 0 Å². The van der Waals surface area contributed by atoms with E-state index in [9.17, 15) is 9.18 Å². The number of ether oxygens (including phenoxy) is 2. The first-order chi connectivity index (χ1) is 10.0. The lowest BCUT2D eigenvalue weighted by Gasteiger charge is -2.08. The van der Waals surface area contributed by atoms with Crippen LogP contribution in [-0.2, 0) is 6.42 Å². The normalized spacial score (nSPS) is 10.3. The minimum absolute atomic E-state index is 0.104. The second-order valence-corrected chi connectivity index (χ2v) is 5.39. The molecule has 2 rings (SSSR count). The summed E-state index contributed by atoms with van der Waals surface area (Å²) in [6.07, 6.45) is 0.104. The quantitative estimate of drug-likeness (QED) is 0.762. The zero-order valence-electron chi connectivity index (χ0n) is 11.7. The number of carbonyl (C=O) groups excluding carboxylic acids is 1. The number of Topliss-reactive ketones (excluding diaryl/α,β-unsaturated/α-hetero) is 1. The van der Waals surface area contributed by atoms with Gasteiger partial charge in [0, 0.05) is 22.5 Å². The fourth-order valence-corrected chi connectivity index (χ4v) is 2.48. The molecule has 0 aliphatic heterocycles. The van der Waals surface area contributed by atoms with Gasteiger partial charge in [-0.2, -0.15) is 0 Å². The Kier molecular flexibility index (Phi) is 4.96. The third-order valence-electron chi connectivity index (χ3n) is 2.96. The second-order valence-electron chi connectivity index (χ2n) is 4.48. The van der Waals surface area contributed by atoms with E-state index in [2.05, 4.69) is 15.9 Å². The molecule has 110 valence electrons. The molecular weight excluding hydrogens is 339 g/mol. The van der Waals surface area contributed by atoms with Crippen LogP contribution in [0.2, 0.25) is 0 Å². The fourth-order valence-electron chi connectivity index (χ4n) is 1.97. The van der Waals surface area contributed by atoms with E-state index in [1.807, 2.05) is 0 Å². The van der Waals surface area contributed by atoms with Crippen molar-refractivity contribution in [3.05, 3.63) is 57.8 Å². The van der Waals surface area contributed by atoms with Crippen molar-refractivity contribution in [2.75, 3.05) is 14.2 Å². The van der Waals surface area contributed by atoms with Crippen LogP contribution in [0.3, 0.4) is 0 Å². The summed E-state index contributed by atoms with van der Waals surface area (Å²) >= 11 is 3.21. The maximum absolute atomic E-state index is 13.3. The van der Waals surface area contributed by atoms with Crippen LogP contribution < -0.4 is 9.47 Å². The van der Waals surface area contributed by atoms with Crippen LogP contribution in [0.5, 0.6) is 11.5 Å². The Balaban J connectivity index is 2.27. The van der Waals surface area contributed by atoms with E-state index < -0.39 is 0 Å². The SMILES string of the molecule is COc1cc(OC)cc(C(=O)Cc2cc(F)cc(Br)c2)c1. The number of hydrogen-bond donors (Lipinski definition) is 0. The summed E-state index contributed by atoms with van der Waals surface area (Å²) in [4.78, 5) is 12.3. The van der Waals surface area contributed by atoms with Crippen LogP contribution in [0.4, 0.5) is 4.39 Å². The van der Waals surface area contributed by atoms with Gasteiger partial charge in [0.1, 0.15) is 17.3 Å². The zero-order chi connectivity index (χ0) is 15.4. The smallest absolute Gasteiger partial charge is 0.167 e. The summed E-state index contributed by atoms with van der Waals surface area (Å²) in [7, 11) is 3.04. The molecule has 0 atom stereocenters. The van der Waals surface area contributed by atoms with E-state index in [0.29, 0.717) is 27.1 Å².